The van der Waals surface area contributed by atoms with E-state index in [0.29, 0.717) is 38.0 Å². The lowest BCUT2D eigenvalue weighted by Crippen LogP contribution is -2.46. The lowest BCUT2D eigenvalue weighted by atomic mass is 9.76. The molecule has 1 aliphatic rings. The van der Waals surface area contributed by atoms with E-state index in [1.165, 1.54) is 0 Å². The van der Waals surface area contributed by atoms with E-state index in [1.54, 1.807) is 4.90 Å². The third-order valence-electron chi connectivity index (χ3n) is 4.73. The van der Waals surface area contributed by atoms with Crippen LogP contribution in [0, 0.1) is 12.3 Å². The topological polar surface area (TPSA) is 62.5 Å². The predicted molar refractivity (Wildman–Crippen MR) is 75.6 cm³/mol. The van der Waals surface area contributed by atoms with Gasteiger partial charge in [-0.1, -0.05) is 6.92 Å². The van der Waals surface area contributed by atoms with Crippen LogP contribution in [-0.4, -0.2) is 39.5 Å². The summed E-state index contributed by atoms with van der Waals surface area (Å²) in [5.41, 5.74) is 1.06. The summed E-state index contributed by atoms with van der Waals surface area (Å²) in [4.78, 5) is 25.6. The second-order valence-electron chi connectivity index (χ2n) is 5.65. The molecule has 0 spiro atoms. The fourth-order valence-corrected chi connectivity index (χ4v) is 2.85. The van der Waals surface area contributed by atoms with Gasteiger partial charge >= 0.3 is 5.97 Å². The van der Waals surface area contributed by atoms with Crippen molar-refractivity contribution in [3.63, 3.8) is 0 Å². The molecule has 0 aliphatic carbocycles. The first-order valence-corrected chi connectivity index (χ1v) is 7.06. The zero-order chi connectivity index (χ0) is 14.9. The molecule has 2 rings (SSSR count). The Kier molecular flexibility index (Phi) is 3.88. The summed E-state index contributed by atoms with van der Waals surface area (Å²) in [5, 5.41) is 9.37. The molecule has 1 N–H and O–H groups in total. The number of piperidine rings is 1. The zero-order valence-electron chi connectivity index (χ0n) is 12.3. The molecule has 1 aliphatic heterocycles. The molecule has 0 aromatic carbocycles. The number of rotatable bonds is 3. The number of amides is 1. The van der Waals surface area contributed by atoms with E-state index in [2.05, 4.69) is 0 Å². The van der Waals surface area contributed by atoms with Crippen molar-refractivity contribution in [2.45, 2.75) is 33.1 Å². The van der Waals surface area contributed by atoms with Crippen LogP contribution in [0.25, 0.3) is 0 Å². The monoisotopic (exact) mass is 278 g/mol. The molecule has 0 bridgehead atoms. The van der Waals surface area contributed by atoms with Gasteiger partial charge in [0.05, 0.1) is 5.41 Å². The Balaban J connectivity index is 2.09. The molecule has 1 fully saturated rings. The van der Waals surface area contributed by atoms with Gasteiger partial charge in [0.2, 0.25) is 0 Å². The second kappa shape index (κ2) is 5.31. The molecule has 5 heteroatoms. The average Bonchev–Trinajstić information content (AvgIpc) is 2.78. The minimum absolute atomic E-state index is 0.00399. The molecule has 2 heterocycles. The van der Waals surface area contributed by atoms with Gasteiger partial charge < -0.3 is 14.6 Å². The number of aromatic nitrogens is 1. The molecule has 1 aromatic heterocycles. The third-order valence-corrected chi connectivity index (χ3v) is 4.73. The fourth-order valence-electron chi connectivity index (χ4n) is 2.85. The van der Waals surface area contributed by atoms with Crippen LogP contribution in [0.5, 0.6) is 0 Å². The minimum atomic E-state index is -0.734. The van der Waals surface area contributed by atoms with Crippen LogP contribution in [-0.2, 0) is 11.8 Å². The molecule has 110 valence electrons. The SMILES string of the molecule is CCC1(C(=O)O)CCN(C(=O)c2ccc(C)n2C)CC1. The van der Waals surface area contributed by atoms with E-state index in [4.69, 9.17) is 0 Å². The summed E-state index contributed by atoms with van der Waals surface area (Å²) < 4.78 is 1.88. The maximum Gasteiger partial charge on any atom is 0.309 e. The first kappa shape index (κ1) is 14.6. The number of aliphatic carboxylic acids is 1. The highest BCUT2D eigenvalue weighted by molar-refractivity contribution is 5.93. The third kappa shape index (κ3) is 2.32. The normalized spacial score (nSPS) is 18.1. The fraction of sp³-hybridized carbons (Fsp3) is 0.600. The van der Waals surface area contributed by atoms with Crippen molar-refractivity contribution in [1.82, 2.24) is 9.47 Å². The number of likely N-dealkylation sites (tertiary alicyclic amines) is 1. The smallest absolute Gasteiger partial charge is 0.309 e. The number of nitrogens with zero attached hydrogens (tertiary/aromatic N) is 2. The van der Waals surface area contributed by atoms with Crippen molar-refractivity contribution >= 4 is 11.9 Å². The maximum absolute atomic E-state index is 12.5. The van der Waals surface area contributed by atoms with Crippen molar-refractivity contribution in [3.05, 3.63) is 23.5 Å². The first-order valence-electron chi connectivity index (χ1n) is 7.06. The second-order valence-corrected chi connectivity index (χ2v) is 5.65. The number of aryl methyl sites for hydroxylation is 1. The Morgan fingerprint density at radius 3 is 2.30 bits per heavy atom. The molecule has 0 radical (unpaired) electrons. The highest BCUT2D eigenvalue weighted by atomic mass is 16.4. The Hall–Kier alpha value is -1.78. The Bertz CT molecular complexity index is 525. The van der Waals surface area contributed by atoms with Gasteiger partial charge in [0.25, 0.3) is 5.91 Å². The number of carbonyl (C=O) groups is 2. The summed E-state index contributed by atoms with van der Waals surface area (Å²) in [6.45, 7) is 4.90. The molecular formula is C15H22N2O3. The maximum atomic E-state index is 12.5. The number of carboxylic acid groups (broad SMARTS) is 1. The van der Waals surface area contributed by atoms with Gasteiger partial charge in [0.1, 0.15) is 5.69 Å². The summed E-state index contributed by atoms with van der Waals surface area (Å²) in [5.74, 6) is -0.738. The van der Waals surface area contributed by atoms with Crippen molar-refractivity contribution in [1.29, 1.82) is 0 Å². The lowest BCUT2D eigenvalue weighted by Gasteiger charge is -2.38. The first-order chi connectivity index (χ1) is 9.41. The molecule has 0 saturated carbocycles. The standard InChI is InChI=1S/C15H22N2O3/c1-4-15(14(19)20)7-9-17(10-8-15)13(18)12-6-5-11(2)16(12)3/h5-6H,4,7-10H2,1-3H3,(H,19,20). The summed E-state index contributed by atoms with van der Waals surface area (Å²) in [6.07, 6.45) is 1.69. The molecule has 1 amide bonds. The lowest BCUT2D eigenvalue weighted by molar-refractivity contribution is -0.152. The van der Waals surface area contributed by atoms with Crippen LogP contribution < -0.4 is 0 Å². The van der Waals surface area contributed by atoms with E-state index >= 15 is 0 Å². The summed E-state index contributed by atoms with van der Waals surface area (Å²) >= 11 is 0. The molecule has 1 saturated heterocycles. The number of carboxylic acids is 1. The largest absolute Gasteiger partial charge is 0.481 e. The van der Waals surface area contributed by atoms with E-state index in [9.17, 15) is 14.7 Å². The Morgan fingerprint density at radius 2 is 1.90 bits per heavy atom. The highest BCUT2D eigenvalue weighted by Gasteiger charge is 2.41. The molecule has 1 aromatic rings. The van der Waals surface area contributed by atoms with Gasteiger partial charge in [0, 0.05) is 25.8 Å². The van der Waals surface area contributed by atoms with Crippen LogP contribution in [0.2, 0.25) is 0 Å². The van der Waals surface area contributed by atoms with Gasteiger partial charge in [-0.25, -0.2) is 0 Å². The van der Waals surface area contributed by atoms with Crippen LogP contribution >= 0.6 is 0 Å². The molecule has 5 nitrogen and oxygen atoms in total. The summed E-state index contributed by atoms with van der Waals surface area (Å²) in [7, 11) is 1.88. The quantitative estimate of drug-likeness (QED) is 0.920. The van der Waals surface area contributed by atoms with E-state index in [0.717, 1.165) is 5.69 Å². The minimum Gasteiger partial charge on any atom is -0.481 e. The Labute approximate surface area is 119 Å². The van der Waals surface area contributed by atoms with Crippen LogP contribution in [0.15, 0.2) is 12.1 Å². The molecular weight excluding hydrogens is 256 g/mol. The van der Waals surface area contributed by atoms with Gasteiger partial charge in [-0.15, -0.1) is 0 Å². The van der Waals surface area contributed by atoms with Crippen molar-refractivity contribution in [2.24, 2.45) is 12.5 Å². The van der Waals surface area contributed by atoms with E-state index < -0.39 is 11.4 Å². The van der Waals surface area contributed by atoms with Crippen LogP contribution in [0.4, 0.5) is 0 Å². The van der Waals surface area contributed by atoms with E-state index in [-0.39, 0.29) is 5.91 Å². The van der Waals surface area contributed by atoms with Crippen LogP contribution in [0.1, 0.15) is 42.4 Å². The number of carbonyl (C=O) groups excluding carboxylic acids is 1. The molecule has 20 heavy (non-hydrogen) atoms. The van der Waals surface area contributed by atoms with Crippen molar-refractivity contribution < 1.29 is 14.7 Å². The predicted octanol–water partition coefficient (Wildman–Crippen LogP) is 2.05. The van der Waals surface area contributed by atoms with Gasteiger partial charge in [-0.3, -0.25) is 9.59 Å². The molecule has 0 atom stereocenters. The summed E-state index contributed by atoms with van der Waals surface area (Å²) in [6, 6.07) is 3.75. The van der Waals surface area contributed by atoms with Gasteiger partial charge in [0.15, 0.2) is 0 Å². The van der Waals surface area contributed by atoms with Crippen molar-refractivity contribution in [3.8, 4) is 0 Å². The number of hydrogen-bond acceptors (Lipinski definition) is 2. The zero-order valence-corrected chi connectivity index (χ0v) is 12.3. The van der Waals surface area contributed by atoms with Gasteiger partial charge in [-0.05, 0) is 38.3 Å². The number of hydrogen-bond donors (Lipinski definition) is 1. The van der Waals surface area contributed by atoms with Crippen LogP contribution in [0.3, 0.4) is 0 Å². The Morgan fingerprint density at radius 1 is 1.30 bits per heavy atom. The average molecular weight is 278 g/mol. The highest BCUT2D eigenvalue weighted by Crippen LogP contribution is 2.35. The molecule has 0 unspecified atom stereocenters. The van der Waals surface area contributed by atoms with Gasteiger partial charge in [-0.2, -0.15) is 0 Å². The van der Waals surface area contributed by atoms with E-state index in [1.807, 2.05) is 37.6 Å². The van der Waals surface area contributed by atoms with Crippen molar-refractivity contribution in [2.75, 3.05) is 13.1 Å².